The number of nitrogens with zero attached hydrogens (tertiary/aromatic N) is 2. The van der Waals surface area contributed by atoms with Gasteiger partial charge in [0.2, 0.25) is 15.9 Å². The van der Waals surface area contributed by atoms with Crippen LogP contribution in [-0.2, 0) is 21.4 Å². The van der Waals surface area contributed by atoms with Crippen molar-refractivity contribution in [2.24, 2.45) is 5.92 Å². The van der Waals surface area contributed by atoms with Crippen LogP contribution < -0.4 is 5.32 Å². The molecule has 0 radical (unpaired) electrons. The molecule has 6 nitrogen and oxygen atoms in total. The number of hydrogen-bond acceptors (Lipinski definition) is 5. The summed E-state index contributed by atoms with van der Waals surface area (Å²) in [5.74, 6) is 0.195. The van der Waals surface area contributed by atoms with Crippen molar-refractivity contribution in [3.63, 3.8) is 0 Å². The second-order valence-electron chi connectivity index (χ2n) is 8.46. The minimum Gasteiger partial charge on any atom is -0.350 e. The minimum atomic E-state index is -3.56. The third kappa shape index (κ3) is 4.92. The van der Waals surface area contributed by atoms with E-state index in [-0.39, 0.29) is 11.8 Å². The van der Waals surface area contributed by atoms with E-state index in [2.05, 4.69) is 24.1 Å². The van der Waals surface area contributed by atoms with Gasteiger partial charge in [0.05, 0.1) is 22.1 Å². The molecule has 0 saturated carbocycles. The Hall–Kier alpha value is -1.77. The second kappa shape index (κ2) is 9.16. The van der Waals surface area contributed by atoms with Crippen molar-refractivity contribution >= 4 is 27.3 Å². The molecule has 0 aliphatic carbocycles. The first kappa shape index (κ1) is 22.9. The summed E-state index contributed by atoms with van der Waals surface area (Å²) in [5.41, 5.74) is 3.48. The Morgan fingerprint density at radius 1 is 1.20 bits per heavy atom. The van der Waals surface area contributed by atoms with Crippen LogP contribution in [0.25, 0.3) is 0 Å². The van der Waals surface area contributed by atoms with Crippen molar-refractivity contribution in [2.45, 2.75) is 64.8 Å². The van der Waals surface area contributed by atoms with Gasteiger partial charge < -0.3 is 5.32 Å². The Morgan fingerprint density at radius 3 is 2.33 bits per heavy atom. The van der Waals surface area contributed by atoms with Gasteiger partial charge in [0.15, 0.2) is 0 Å². The molecular weight excluding hydrogens is 418 g/mol. The maximum atomic E-state index is 13.2. The number of aromatic nitrogens is 1. The van der Waals surface area contributed by atoms with Crippen molar-refractivity contribution in [2.75, 3.05) is 13.1 Å². The first-order valence-electron chi connectivity index (χ1n) is 10.4. The summed E-state index contributed by atoms with van der Waals surface area (Å²) >= 11 is 1.61. The number of carbonyl (C=O) groups excluding carboxylic acids is 1. The van der Waals surface area contributed by atoms with Crippen LogP contribution in [0.4, 0.5) is 0 Å². The number of carbonyl (C=O) groups is 1. The molecule has 1 N–H and O–H groups in total. The largest absolute Gasteiger partial charge is 0.350 e. The molecule has 2 heterocycles. The molecule has 0 spiro atoms. The van der Waals surface area contributed by atoms with Crippen LogP contribution in [0.2, 0.25) is 0 Å². The Kier molecular flexibility index (Phi) is 6.99. The summed E-state index contributed by atoms with van der Waals surface area (Å²) in [6, 6.07) is 3.81. The van der Waals surface area contributed by atoms with Crippen LogP contribution in [0.15, 0.2) is 22.4 Å². The van der Waals surface area contributed by atoms with Gasteiger partial charge in [-0.05, 0) is 44.7 Å². The van der Waals surface area contributed by atoms with Gasteiger partial charge in [-0.3, -0.25) is 4.79 Å². The Morgan fingerprint density at radius 2 is 1.80 bits per heavy atom. The van der Waals surface area contributed by atoms with Crippen molar-refractivity contribution < 1.29 is 13.2 Å². The monoisotopic (exact) mass is 449 g/mol. The molecule has 3 rings (SSSR count). The van der Waals surface area contributed by atoms with Gasteiger partial charge in [0.25, 0.3) is 0 Å². The van der Waals surface area contributed by atoms with Crippen LogP contribution in [0.3, 0.4) is 0 Å². The van der Waals surface area contributed by atoms with Gasteiger partial charge in [-0.15, -0.1) is 11.3 Å². The standard InChI is InChI=1S/C22H31N3O3S2/c1-14(2)22-24-19(13-29-22)12-23-21(26)18-6-8-25(9-7-18)30(27,28)20-16(4)10-15(3)11-17(20)5/h10-11,13-14,18H,6-9,12H2,1-5H3,(H,23,26). The Labute approximate surface area is 183 Å². The average molecular weight is 450 g/mol. The van der Waals surface area contributed by atoms with Crippen molar-refractivity contribution in [3.05, 3.63) is 44.9 Å². The Balaban J connectivity index is 1.59. The predicted octanol–water partition coefficient (Wildman–Crippen LogP) is 3.91. The fraction of sp³-hybridized carbons (Fsp3) is 0.545. The van der Waals surface area contributed by atoms with Gasteiger partial charge in [-0.2, -0.15) is 4.31 Å². The maximum Gasteiger partial charge on any atom is 0.243 e. The summed E-state index contributed by atoms with van der Waals surface area (Å²) in [7, 11) is -3.56. The smallest absolute Gasteiger partial charge is 0.243 e. The fourth-order valence-corrected chi connectivity index (χ4v) is 6.77. The number of amides is 1. The first-order chi connectivity index (χ1) is 14.1. The molecule has 0 unspecified atom stereocenters. The number of rotatable bonds is 6. The zero-order valence-corrected chi connectivity index (χ0v) is 20.0. The normalized spacial score (nSPS) is 16.2. The molecule has 30 heavy (non-hydrogen) atoms. The van der Waals surface area contributed by atoms with Crippen LogP contribution in [0.1, 0.15) is 60.0 Å². The Bertz CT molecular complexity index is 997. The number of sulfonamides is 1. The number of aryl methyl sites for hydroxylation is 3. The van der Waals surface area contributed by atoms with Gasteiger partial charge in [0.1, 0.15) is 0 Å². The summed E-state index contributed by atoms with van der Waals surface area (Å²) in [4.78, 5) is 17.5. The molecular formula is C22H31N3O3S2. The summed E-state index contributed by atoms with van der Waals surface area (Å²) in [6.45, 7) is 11.0. The van der Waals surface area contributed by atoms with E-state index in [9.17, 15) is 13.2 Å². The first-order valence-corrected chi connectivity index (χ1v) is 12.7. The number of nitrogens with one attached hydrogen (secondary N) is 1. The SMILES string of the molecule is Cc1cc(C)c(S(=O)(=O)N2CCC(C(=O)NCc3csc(C(C)C)n3)CC2)c(C)c1. The number of benzene rings is 1. The van der Waals surface area contributed by atoms with E-state index in [1.807, 2.05) is 38.3 Å². The van der Waals surface area contributed by atoms with Crippen LogP contribution in [0.5, 0.6) is 0 Å². The molecule has 164 valence electrons. The van der Waals surface area contributed by atoms with E-state index in [0.717, 1.165) is 27.4 Å². The number of thiazole rings is 1. The zero-order valence-electron chi connectivity index (χ0n) is 18.4. The molecule has 8 heteroatoms. The highest BCUT2D eigenvalue weighted by atomic mass is 32.2. The van der Waals surface area contributed by atoms with E-state index < -0.39 is 10.0 Å². The number of piperidine rings is 1. The lowest BCUT2D eigenvalue weighted by molar-refractivity contribution is -0.126. The molecule has 0 atom stereocenters. The highest BCUT2D eigenvalue weighted by Gasteiger charge is 2.33. The lowest BCUT2D eigenvalue weighted by Crippen LogP contribution is -2.43. The van der Waals surface area contributed by atoms with Crippen LogP contribution >= 0.6 is 11.3 Å². The molecule has 1 saturated heterocycles. The van der Waals surface area contributed by atoms with Gasteiger partial charge in [0, 0.05) is 30.3 Å². The minimum absolute atomic E-state index is 0.0196. The molecule has 0 bridgehead atoms. The average Bonchev–Trinajstić information content (AvgIpc) is 3.14. The third-order valence-electron chi connectivity index (χ3n) is 5.53. The van der Waals surface area contributed by atoms with Crippen molar-refractivity contribution in [1.82, 2.24) is 14.6 Å². The quantitative estimate of drug-likeness (QED) is 0.725. The fourth-order valence-electron chi connectivity index (χ4n) is 4.05. The van der Waals surface area contributed by atoms with E-state index in [1.54, 1.807) is 11.3 Å². The summed E-state index contributed by atoms with van der Waals surface area (Å²) < 4.78 is 27.9. The molecule has 1 fully saturated rings. The van der Waals surface area contributed by atoms with Crippen molar-refractivity contribution in [1.29, 1.82) is 0 Å². The lowest BCUT2D eigenvalue weighted by atomic mass is 9.97. The van der Waals surface area contributed by atoms with Gasteiger partial charge in [-0.25, -0.2) is 13.4 Å². The topological polar surface area (TPSA) is 79.4 Å². The lowest BCUT2D eigenvalue weighted by Gasteiger charge is -2.31. The van der Waals surface area contributed by atoms with Crippen LogP contribution in [0, 0.1) is 26.7 Å². The molecule has 1 aliphatic heterocycles. The molecule has 1 aromatic carbocycles. The highest BCUT2D eigenvalue weighted by Crippen LogP contribution is 2.29. The molecule has 1 amide bonds. The van der Waals surface area contributed by atoms with E-state index in [1.165, 1.54) is 4.31 Å². The molecule has 2 aromatic rings. The summed E-state index contributed by atoms with van der Waals surface area (Å²) in [5, 5.41) is 6.02. The third-order valence-corrected chi connectivity index (χ3v) is 8.93. The van der Waals surface area contributed by atoms with Crippen molar-refractivity contribution in [3.8, 4) is 0 Å². The van der Waals surface area contributed by atoms with E-state index in [4.69, 9.17) is 0 Å². The van der Waals surface area contributed by atoms with Gasteiger partial charge in [-0.1, -0.05) is 31.5 Å². The van der Waals surface area contributed by atoms with Crippen LogP contribution in [-0.4, -0.2) is 36.7 Å². The number of hydrogen-bond donors (Lipinski definition) is 1. The summed E-state index contributed by atoms with van der Waals surface area (Å²) in [6.07, 6.45) is 1.06. The molecule has 1 aromatic heterocycles. The van der Waals surface area contributed by atoms with Gasteiger partial charge >= 0.3 is 0 Å². The highest BCUT2D eigenvalue weighted by molar-refractivity contribution is 7.89. The predicted molar refractivity (Wildman–Crippen MR) is 120 cm³/mol. The second-order valence-corrected chi connectivity index (χ2v) is 11.2. The zero-order chi connectivity index (χ0) is 22.1. The molecule has 1 aliphatic rings. The van der Waals surface area contributed by atoms with E-state index in [0.29, 0.717) is 43.3 Å². The maximum absolute atomic E-state index is 13.2. The van der Waals surface area contributed by atoms with E-state index >= 15 is 0 Å².